The van der Waals surface area contributed by atoms with Gasteiger partial charge in [0.05, 0.1) is 0 Å². The van der Waals surface area contributed by atoms with Crippen LogP contribution in [0.15, 0.2) is 60.7 Å². The monoisotopic (exact) mass is 224 g/mol. The molecule has 0 fully saturated rings. The highest BCUT2D eigenvalue weighted by atomic mass is 14.2. The van der Waals surface area contributed by atoms with Gasteiger partial charge in [0, 0.05) is 0 Å². The second kappa shape index (κ2) is 5.67. The molecule has 17 heavy (non-hydrogen) atoms. The van der Waals surface area contributed by atoms with Crippen molar-refractivity contribution in [3.63, 3.8) is 0 Å². The predicted molar refractivity (Wildman–Crippen MR) is 74.3 cm³/mol. The lowest BCUT2D eigenvalue weighted by Crippen LogP contribution is -2.00. The van der Waals surface area contributed by atoms with Crippen LogP contribution in [0.25, 0.3) is 0 Å². The number of hydrogen-bond donors (Lipinski definition) is 0. The first-order chi connectivity index (χ1) is 8.27. The Kier molecular flexibility index (Phi) is 3.98. The van der Waals surface area contributed by atoms with Gasteiger partial charge in [-0.3, -0.25) is 0 Å². The van der Waals surface area contributed by atoms with Crippen LogP contribution in [0, 0.1) is 0 Å². The summed E-state index contributed by atoms with van der Waals surface area (Å²) in [5.74, 6) is 1.23. The molecule has 0 heterocycles. The second-order valence-electron chi connectivity index (χ2n) is 4.86. The number of rotatable bonds is 4. The van der Waals surface area contributed by atoms with Crippen molar-refractivity contribution in [1.82, 2.24) is 0 Å². The molecule has 0 amide bonds. The van der Waals surface area contributed by atoms with E-state index in [2.05, 4.69) is 74.5 Å². The Labute approximate surface area is 104 Å². The Bertz CT molecular complexity index is 387. The van der Waals surface area contributed by atoms with Crippen LogP contribution in [0.5, 0.6) is 0 Å². The molecular formula is C17H20. The third kappa shape index (κ3) is 3.20. The Morgan fingerprint density at radius 3 is 1.35 bits per heavy atom. The molecule has 88 valence electrons. The van der Waals surface area contributed by atoms with Crippen LogP contribution in [0.4, 0.5) is 0 Å². The van der Waals surface area contributed by atoms with Gasteiger partial charge in [0.1, 0.15) is 0 Å². The fourth-order valence-electron chi connectivity index (χ4n) is 2.37. The minimum atomic E-state index is 0.617. The second-order valence-corrected chi connectivity index (χ2v) is 4.86. The van der Waals surface area contributed by atoms with E-state index < -0.39 is 0 Å². The lowest BCUT2D eigenvalue weighted by Gasteiger charge is -2.18. The van der Waals surface area contributed by atoms with Gasteiger partial charge in [0.2, 0.25) is 0 Å². The summed E-state index contributed by atoms with van der Waals surface area (Å²) in [6.07, 6.45) is 1.20. The van der Waals surface area contributed by atoms with Crippen molar-refractivity contribution in [2.24, 2.45) is 0 Å². The van der Waals surface area contributed by atoms with Gasteiger partial charge in [0.25, 0.3) is 0 Å². The molecule has 0 nitrogen and oxygen atoms in total. The third-order valence-electron chi connectivity index (χ3n) is 3.44. The lowest BCUT2D eigenvalue weighted by atomic mass is 9.87. The average molecular weight is 224 g/mol. The smallest absolute Gasteiger partial charge is 0.0185 e. The predicted octanol–water partition coefficient (Wildman–Crippen LogP) is 4.98. The van der Waals surface area contributed by atoms with Crippen LogP contribution in [-0.2, 0) is 0 Å². The highest BCUT2D eigenvalue weighted by Crippen LogP contribution is 2.28. The van der Waals surface area contributed by atoms with Crippen molar-refractivity contribution in [3.05, 3.63) is 71.8 Å². The molecule has 0 aromatic heterocycles. The van der Waals surface area contributed by atoms with Crippen LogP contribution in [0.2, 0.25) is 0 Å². The minimum Gasteiger partial charge on any atom is -0.0622 e. The van der Waals surface area contributed by atoms with Crippen molar-refractivity contribution in [1.29, 1.82) is 0 Å². The fourth-order valence-corrected chi connectivity index (χ4v) is 2.37. The molecule has 0 radical (unpaired) electrons. The zero-order chi connectivity index (χ0) is 12.1. The summed E-state index contributed by atoms with van der Waals surface area (Å²) in [5, 5.41) is 0. The van der Waals surface area contributed by atoms with Crippen molar-refractivity contribution >= 4 is 0 Å². The molecule has 0 saturated carbocycles. The van der Waals surface area contributed by atoms with Crippen molar-refractivity contribution in [2.75, 3.05) is 0 Å². The molecule has 0 bridgehead atoms. The zero-order valence-corrected chi connectivity index (χ0v) is 10.6. The van der Waals surface area contributed by atoms with Gasteiger partial charge in [-0.2, -0.15) is 0 Å². The van der Waals surface area contributed by atoms with Gasteiger partial charge in [0.15, 0.2) is 0 Å². The van der Waals surface area contributed by atoms with Gasteiger partial charge in [-0.1, -0.05) is 74.5 Å². The standard InChI is InChI=1S/C17H20/c1-14(16-9-5-3-6-10-16)13-15(2)17-11-7-4-8-12-17/h3-12,14-15H,13H2,1-2H3/t14-,15+. The van der Waals surface area contributed by atoms with Gasteiger partial charge in [-0.15, -0.1) is 0 Å². The molecule has 0 N–H and O–H groups in total. The lowest BCUT2D eigenvalue weighted by molar-refractivity contribution is 0.593. The molecule has 0 aliphatic rings. The van der Waals surface area contributed by atoms with Gasteiger partial charge in [-0.05, 0) is 29.4 Å². The van der Waals surface area contributed by atoms with Crippen LogP contribution in [-0.4, -0.2) is 0 Å². The van der Waals surface area contributed by atoms with Crippen molar-refractivity contribution in [3.8, 4) is 0 Å². The molecule has 0 unspecified atom stereocenters. The summed E-state index contributed by atoms with van der Waals surface area (Å²) in [4.78, 5) is 0. The first-order valence-electron chi connectivity index (χ1n) is 6.37. The van der Waals surface area contributed by atoms with Crippen molar-refractivity contribution in [2.45, 2.75) is 32.1 Å². The summed E-state index contributed by atoms with van der Waals surface area (Å²) in [6.45, 7) is 4.63. The molecule has 2 aromatic rings. The quantitative estimate of drug-likeness (QED) is 0.686. The Morgan fingerprint density at radius 2 is 1.00 bits per heavy atom. The van der Waals surface area contributed by atoms with E-state index in [1.807, 2.05) is 0 Å². The Hall–Kier alpha value is -1.56. The zero-order valence-electron chi connectivity index (χ0n) is 10.6. The number of benzene rings is 2. The first-order valence-corrected chi connectivity index (χ1v) is 6.37. The topological polar surface area (TPSA) is 0 Å². The maximum atomic E-state index is 2.31. The van der Waals surface area contributed by atoms with E-state index >= 15 is 0 Å². The van der Waals surface area contributed by atoms with E-state index in [1.165, 1.54) is 17.5 Å². The molecule has 2 rings (SSSR count). The SMILES string of the molecule is C[C@H](C[C@H](C)c1ccccc1)c1ccccc1. The fraction of sp³-hybridized carbons (Fsp3) is 0.294. The molecule has 2 aromatic carbocycles. The first kappa shape index (κ1) is 11.9. The normalized spacial score (nSPS) is 14.2. The number of hydrogen-bond acceptors (Lipinski definition) is 0. The molecular weight excluding hydrogens is 204 g/mol. The Morgan fingerprint density at radius 1 is 0.647 bits per heavy atom. The largest absolute Gasteiger partial charge is 0.0622 e. The van der Waals surface area contributed by atoms with Gasteiger partial charge < -0.3 is 0 Å². The van der Waals surface area contributed by atoms with Crippen LogP contribution in [0.3, 0.4) is 0 Å². The molecule has 0 aliphatic heterocycles. The molecule has 2 atom stereocenters. The maximum Gasteiger partial charge on any atom is -0.0185 e. The molecule has 0 heteroatoms. The summed E-state index contributed by atoms with van der Waals surface area (Å²) < 4.78 is 0. The summed E-state index contributed by atoms with van der Waals surface area (Å²) in [5.41, 5.74) is 2.88. The van der Waals surface area contributed by atoms with Crippen LogP contribution < -0.4 is 0 Å². The average Bonchev–Trinajstić information content (AvgIpc) is 2.40. The van der Waals surface area contributed by atoms with Crippen LogP contribution >= 0.6 is 0 Å². The van der Waals surface area contributed by atoms with E-state index in [0.29, 0.717) is 11.8 Å². The molecule has 0 aliphatic carbocycles. The third-order valence-corrected chi connectivity index (χ3v) is 3.44. The van der Waals surface area contributed by atoms with E-state index in [9.17, 15) is 0 Å². The van der Waals surface area contributed by atoms with E-state index in [-0.39, 0.29) is 0 Å². The van der Waals surface area contributed by atoms with Crippen molar-refractivity contribution < 1.29 is 0 Å². The Balaban J connectivity index is 2.02. The molecule has 0 saturated heterocycles. The minimum absolute atomic E-state index is 0.617. The highest BCUT2D eigenvalue weighted by molar-refractivity contribution is 5.22. The summed E-state index contributed by atoms with van der Waals surface area (Å²) in [7, 11) is 0. The van der Waals surface area contributed by atoms with E-state index in [1.54, 1.807) is 0 Å². The highest BCUT2D eigenvalue weighted by Gasteiger charge is 2.11. The molecule has 0 spiro atoms. The summed E-state index contributed by atoms with van der Waals surface area (Å²) >= 11 is 0. The van der Waals surface area contributed by atoms with Gasteiger partial charge in [-0.25, -0.2) is 0 Å². The van der Waals surface area contributed by atoms with Crippen LogP contribution in [0.1, 0.15) is 43.2 Å². The van der Waals surface area contributed by atoms with E-state index in [0.717, 1.165) is 0 Å². The summed E-state index contributed by atoms with van der Waals surface area (Å²) in [6, 6.07) is 21.6. The maximum absolute atomic E-state index is 2.31. The van der Waals surface area contributed by atoms with E-state index in [4.69, 9.17) is 0 Å². The van der Waals surface area contributed by atoms with Gasteiger partial charge >= 0.3 is 0 Å².